The fourth-order valence-corrected chi connectivity index (χ4v) is 2.89. The van der Waals surface area contributed by atoms with Gasteiger partial charge >= 0.3 is 18.2 Å². The molecule has 1 fully saturated rings. The van der Waals surface area contributed by atoms with E-state index in [1.807, 2.05) is 5.32 Å². The second-order valence-electron chi connectivity index (χ2n) is 6.39. The van der Waals surface area contributed by atoms with Crippen molar-refractivity contribution in [3.63, 3.8) is 0 Å². The average Bonchev–Trinajstić information content (AvgIpc) is 3.00. The molecular weight excluding hydrogens is 381 g/mol. The first-order chi connectivity index (χ1) is 13.1. The quantitative estimate of drug-likeness (QED) is 0.703. The molecule has 7 nitrogen and oxygen atoms in total. The molecule has 1 aromatic rings. The second kappa shape index (κ2) is 9.05. The highest BCUT2D eigenvalue weighted by Gasteiger charge is 2.46. The number of ether oxygens (including phenoxy) is 2. The molecule has 2 amide bonds. The molecule has 0 saturated carbocycles. The molecule has 0 spiro atoms. The van der Waals surface area contributed by atoms with Gasteiger partial charge in [-0.15, -0.1) is 0 Å². The van der Waals surface area contributed by atoms with E-state index in [2.05, 4.69) is 4.74 Å². The Hall–Kier alpha value is -2.62. The van der Waals surface area contributed by atoms with Gasteiger partial charge in [-0.05, 0) is 18.9 Å². The maximum Gasteiger partial charge on any atom is 0.416 e. The summed E-state index contributed by atoms with van der Waals surface area (Å²) in [5.74, 6) is -1.93. The molecule has 0 bridgehead atoms. The molecule has 10 heteroatoms. The first-order valence-electron chi connectivity index (χ1n) is 8.56. The van der Waals surface area contributed by atoms with Crippen LogP contribution in [0, 0.1) is 0 Å². The van der Waals surface area contributed by atoms with E-state index in [-0.39, 0.29) is 13.0 Å². The molecule has 28 heavy (non-hydrogen) atoms. The summed E-state index contributed by atoms with van der Waals surface area (Å²) in [7, 11) is 1.04. The van der Waals surface area contributed by atoms with Crippen LogP contribution in [-0.2, 0) is 25.5 Å². The molecule has 154 valence electrons. The van der Waals surface area contributed by atoms with E-state index in [4.69, 9.17) is 4.74 Å². The molecule has 1 aliphatic rings. The standard InChI is InChI=1S/C18H21F3N2O5/c1-11(16(25)27-2)22-14(18(19,20)21)9-15(24)23-13(10-28-17(23)26)8-12-6-4-3-5-7-12/h3-7,11,13-14,22H,8-10H2,1-2H3/t11-,13+,14-/m1/s1. The Bertz CT molecular complexity index is 711. The first kappa shape index (κ1) is 21.7. The normalized spacial score (nSPS) is 19.1. The van der Waals surface area contributed by atoms with Crippen LogP contribution in [0.3, 0.4) is 0 Å². The maximum atomic E-state index is 13.3. The first-order valence-corrected chi connectivity index (χ1v) is 8.56. The number of carbonyl (C=O) groups is 3. The van der Waals surface area contributed by atoms with Gasteiger partial charge in [-0.2, -0.15) is 13.2 Å². The van der Waals surface area contributed by atoms with Crippen molar-refractivity contribution in [1.29, 1.82) is 0 Å². The number of cyclic esters (lactones) is 1. The lowest BCUT2D eigenvalue weighted by Crippen LogP contribution is -2.52. The van der Waals surface area contributed by atoms with Crippen LogP contribution in [0.15, 0.2) is 30.3 Å². The predicted octanol–water partition coefficient (Wildman–Crippen LogP) is 2.05. The Labute approximate surface area is 159 Å². The number of imide groups is 1. The number of carbonyl (C=O) groups excluding carboxylic acids is 3. The maximum absolute atomic E-state index is 13.3. The van der Waals surface area contributed by atoms with Crippen LogP contribution in [0.4, 0.5) is 18.0 Å². The number of benzene rings is 1. The molecule has 1 aromatic carbocycles. The number of nitrogens with zero attached hydrogens (tertiary/aromatic N) is 1. The molecule has 2 rings (SSSR count). The van der Waals surface area contributed by atoms with Crippen molar-refractivity contribution in [2.24, 2.45) is 0 Å². The molecule has 0 unspecified atom stereocenters. The Morgan fingerprint density at radius 3 is 2.54 bits per heavy atom. The number of amides is 2. The molecule has 3 atom stereocenters. The Morgan fingerprint density at radius 2 is 1.96 bits per heavy atom. The summed E-state index contributed by atoms with van der Waals surface area (Å²) in [5.41, 5.74) is 0.813. The van der Waals surface area contributed by atoms with Crippen molar-refractivity contribution < 1.29 is 37.0 Å². The number of hydrogen-bond donors (Lipinski definition) is 1. The predicted molar refractivity (Wildman–Crippen MR) is 91.2 cm³/mol. The fourth-order valence-electron chi connectivity index (χ4n) is 2.89. The van der Waals surface area contributed by atoms with Gasteiger partial charge in [0.2, 0.25) is 5.91 Å². The summed E-state index contributed by atoms with van der Waals surface area (Å²) in [4.78, 5) is 36.6. The summed E-state index contributed by atoms with van der Waals surface area (Å²) >= 11 is 0. The SMILES string of the molecule is COC(=O)[C@@H](C)N[C@H](CC(=O)N1C(=O)OC[C@@H]1Cc1ccccc1)C(F)(F)F. The van der Waals surface area contributed by atoms with Gasteiger partial charge in [0.1, 0.15) is 18.7 Å². The smallest absolute Gasteiger partial charge is 0.416 e. The van der Waals surface area contributed by atoms with Gasteiger partial charge in [0.05, 0.1) is 19.6 Å². The van der Waals surface area contributed by atoms with Gasteiger partial charge < -0.3 is 9.47 Å². The minimum Gasteiger partial charge on any atom is -0.468 e. The van der Waals surface area contributed by atoms with Crippen LogP contribution >= 0.6 is 0 Å². The number of hydrogen-bond acceptors (Lipinski definition) is 6. The topological polar surface area (TPSA) is 84.9 Å². The fraction of sp³-hybridized carbons (Fsp3) is 0.500. The zero-order valence-electron chi connectivity index (χ0n) is 15.4. The second-order valence-corrected chi connectivity index (χ2v) is 6.39. The third-order valence-electron chi connectivity index (χ3n) is 4.32. The summed E-state index contributed by atoms with van der Waals surface area (Å²) < 4.78 is 49.3. The molecule has 0 radical (unpaired) electrons. The molecule has 0 aliphatic carbocycles. The van der Waals surface area contributed by atoms with E-state index < -0.39 is 48.7 Å². The highest BCUT2D eigenvalue weighted by molar-refractivity contribution is 5.94. The van der Waals surface area contributed by atoms with Crippen molar-refractivity contribution in [2.45, 2.75) is 44.1 Å². The van der Waals surface area contributed by atoms with Crippen LogP contribution in [-0.4, -0.2) is 60.9 Å². The third kappa shape index (κ3) is 5.44. The number of methoxy groups -OCH3 is 1. The van der Waals surface area contributed by atoms with Crippen LogP contribution in [0.25, 0.3) is 0 Å². The van der Waals surface area contributed by atoms with E-state index >= 15 is 0 Å². The van der Waals surface area contributed by atoms with Gasteiger partial charge in [-0.25, -0.2) is 9.69 Å². The average molecular weight is 402 g/mol. The number of nitrogens with one attached hydrogen (secondary N) is 1. The lowest BCUT2D eigenvalue weighted by Gasteiger charge is -2.26. The monoisotopic (exact) mass is 402 g/mol. The lowest BCUT2D eigenvalue weighted by molar-refractivity contribution is -0.168. The van der Waals surface area contributed by atoms with Crippen LogP contribution in [0.2, 0.25) is 0 Å². The number of rotatable bonds is 7. The molecule has 0 aromatic heterocycles. The van der Waals surface area contributed by atoms with Gasteiger partial charge in [0, 0.05) is 0 Å². The summed E-state index contributed by atoms with van der Waals surface area (Å²) in [6.07, 6.45) is -6.57. The minimum absolute atomic E-state index is 0.0951. The van der Waals surface area contributed by atoms with Crippen molar-refractivity contribution in [2.75, 3.05) is 13.7 Å². The Morgan fingerprint density at radius 1 is 1.32 bits per heavy atom. The summed E-state index contributed by atoms with van der Waals surface area (Å²) in [6.45, 7) is 1.10. The van der Waals surface area contributed by atoms with Crippen molar-refractivity contribution in [1.82, 2.24) is 10.2 Å². The van der Waals surface area contributed by atoms with Gasteiger partial charge in [-0.3, -0.25) is 14.9 Å². The van der Waals surface area contributed by atoms with Crippen molar-refractivity contribution >= 4 is 18.0 Å². The van der Waals surface area contributed by atoms with Crippen LogP contribution in [0.5, 0.6) is 0 Å². The Kier molecular flexibility index (Phi) is 7.00. The molecule has 1 heterocycles. The summed E-state index contributed by atoms with van der Waals surface area (Å²) in [5, 5.41) is 2.04. The molecular formula is C18H21F3N2O5. The van der Waals surface area contributed by atoms with Crippen LogP contribution < -0.4 is 5.32 Å². The van der Waals surface area contributed by atoms with E-state index in [1.54, 1.807) is 30.3 Å². The highest BCUT2D eigenvalue weighted by atomic mass is 19.4. The Balaban J connectivity index is 2.11. The molecule has 1 N–H and O–H groups in total. The highest BCUT2D eigenvalue weighted by Crippen LogP contribution is 2.26. The van der Waals surface area contributed by atoms with Crippen molar-refractivity contribution in [3.05, 3.63) is 35.9 Å². The summed E-state index contributed by atoms with van der Waals surface area (Å²) in [6, 6.07) is 4.61. The van der Waals surface area contributed by atoms with E-state index in [0.717, 1.165) is 17.6 Å². The molecule has 1 saturated heterocycles. The van der Waals surface area contributed by atoms with Crippen LogP contribution in [0.1, 0.15) is 18.9 Å². The van der Waals surface area contributed by atoms with Gasteiger partial charge in [0.15, 0.2) is 0 Å². The van der Waals surface area contributed by atoms with E-state index in [1.165, 1.54) is 6.92 Å². The largest absolute Gasteiger partial charge is 0.468 e. The zero-order chi connectivity index (χ0) is 20.9. The van der Waals surface area contributed by atoms with E-state index in [0.29, 0.717) is 0 Å². The van der Waals surface area contributed by atoms with E-state index in [9.17, 15) is 27.6 Å². The zero-order valence-corrected chi connectivity index (χ0v) is 15.4. The number of esters is 1. The van der Waals surface area contributed by atoms with Gasteiger partial charge in [-0.1, -0.05) is 30.3 Å². The number of halogens is 3. The molecule has 1 aliphatic heterocycles. The lowest BCUT2D eigenvalue weighted by atomic mass is 10.0. The third-order valence-corrected chi connectivity index (χ3v) is 4.32. The van der Waals surface area contributed by atoms with Gasteiger partial charge in [0.25, 0.3) is 0 Å². The van der Waals surface area contributed by atoms with Crippen molar-refractivity contribution in [3.8, 4) is 0 Å². The minimum atomic E-state index is -4.81. The number of alkyl halides is 3.